The highest BCUT2D eigenvalue weighted by Crippen LogP contribution is 2.30. The maximum absolute atomic E-state index is 12.7. The van der Waals surface area contributed by atoms with Crippen LogP contribution in [-0.4, -0.2) is 11.0 Å². The van der Waals surface area contributed by atoms with Gasteiger partial charge in [0.05, 0.1) is 5.56 Å². The monoisotopic (exact) mass is 367 g/mol. The second-order valence-electron chi connectivity index (χ2n) is 5.19. The number of nitrogens with one attached hydrogen (secondary N) is 3. The van der Waals surface area contributed by atoms with E-state index in [0.29, 0.717) is 6.42 Å². The number of thiocarbonyl (C=S) groups is 1. The zero-order chi connectivity index (χ0) is 18.3. The van der Waals surface area contributed by atoms with E-state index in [1.807, 2.05) is 30.3 Å². The van der Waals surface area contributed by atoms with Crippen molar-refractivity contribution in [2.75, 3.05) is 5.32 Å². The SMILES string of the molecule is O=C(CCc1ccccc1)NNC(=S)Nc1cccc(C(F)(F)F)c1. The summed E-state index contributed by atoms with van der Waals surface area (Å²) in [5, 5.41) is 2.58. The quantitative estimate of drug-likeness (QED) is 0.570. The molecular formula is C17H16F3N3OS. The molecule has 4 nitrogen and oxygen atoms in total. The minimum atomic E-state index is -4.43. The van der Waals surface area contributed by atoms with Crippen LogP contribution in [0.1, 0.15) is 17.5 Å². The third kappa shape index (κ3) is 6.42. The number of alkyl halides is 3. The second kappa shape index (κ2) is 8.48. The highest BCUT2D eigenvalue weighted by atomic mass is 32.1. The molecule has 0 atom stereocenters. The van der Waals surface area contributed by atoms with Gasteiger partial charge in [0.2, 0.25) is 5.91 Å². The molecule has 25 heavy (non-hydrogen) atoms. The van der Waals surface area contributed by atoms with E-state index in [1.165, 1.54) is 12.1 Å². The Bertz CT molecular complexity index is 735. The van der Waals surface area contributed by atoms with Gasteiger partial charge in [-0.3, -0.25) is 15.6 Å². The largest absolute Gasteiger partial charge is 0.416 e. The first-order valence-electron chi connectivity index (χ1n) is 7.41. The lowest BCUT2D eigenvalue weighted by Gasteiger charge is -2.13. The molecule has 1 amide bonds. The Kier molecular flexibility index (Phi) is 6.35. The van der Waals surface area contributed by atoms with Crippen molar-refractivity contribution in [3.8, 4) is 0 Å². The van der Waals surface area contributed by atoms with Crippen molar-refractivity contribution in [3.05, 3.63) is 65.7 Å². The van der Waals surface area contributed by atoms with Crippen molar-refractivity contribution in [1.82, 2.24) is 10.9 Å². The van der Waals surface area contributed by atoms with Crippen molar-refractivity contribution < 1.29 is 18.0 Å². The molecule has 2 aromatic carbocycles. The summed E-state index contributed by atoms with van der Waals surface area (Å²) in [7, 11) is 0. The van der Waals surface area contributed by atoms with E-state index < -0.39 is 11.7 Å². The lowest BCUT2D eigenvalue weighted by Crippen LogP contribution is -2.43. The molecule has 132 valence electrons. The van der Waals surface area contributed by atoms with Gasteiger partial charge in [-0.25, -0.2) is 0 Å². The molecule has 0 heterocycles. The molecular weight excluding hydrogens is 351 g/mol. The first-order chi connectivity index (χ1) is 11.8. The molecule has 0 radical (unpaired) electrons. The van der Waals surface area contributed by atoms with E-state index in [2.05, 4.69) is 16.2 Å². The molecule has 0 spiro atoms. The average molecular weight is 367 g/mol. The summed E-state index contributed by atoms with van der Waals surface area (Å²) < 4.78 is 38.0. The summed E-state index contributed by atoms with van der Waals surface area (Å²) in [5.41, 5.74) is 5.28. The van der Waals surface area contributed by atoms with Crippen LogP contribution in [-0.2, 0) is 17.4 Å². The fourth-order valence-electron chi connectivity index (χ4n) is 2.03. The Morgan fingerprint density at radius 2 is 1.72 bits per heavy atom. The maximum Gasteiger partial charge on any atom is 0.416 e. The fourth-order valence-corrected chi connectivity index (χ4v) is 2.20. The highest BCUT2D eigenvalue weighted by molar-refractivity contribution is 7.80. The first-order valence-corrected chi connectivity index (χ1v) is 7.82. The smallest absolute Gasteiger partial charge is 0.331 e. The summed E-state index contributed by atoms with van der Waals surface area (Å²) >= 11 is 4.95. The molecule has 8 heteroatoms. The number of halogens is 3. The molecule has 0 saturated carbocycles. The van der Waals surface area contributed by atoms with Crippen molar-refractivity contribution in [2.45, 2.75) is 19.0 Å². The highest BCUT2D eigenvalue weighted by Gasteiger charge is 2.30. The Labute approximate surface area is 148 Å². The van der Waals surface area contributed by atoms with Crippen LogP contribution in [0.4, 0.5) is 18.9 Å². The molecule has 0 unspecified atom stereocenters. The first kappa shape index (κ1) is 18.7. The van der Waals surface area contributed by atoms with Gasteiger partial charge in [-0.05, 0) is 42.4 Å². The normalized spacial score (nSPS) is 10.8. The zero-order valence-corrected chi connectivity index (χ0v) is 13.9. The summed E-state index contributed by atoms with van der Waals surface area (Å²) in [6, 6.07) is 14.1. The number of carbonyl (C=O) groups is 1. The molecule has 0 fully saturated rings. The van der Waals surface area contributed by atoms with Crippen LogP contribution >= 0.6 is 12.2 Å². The van der Waals surface area contributed by atoms with Crippen LogP contribution in [0.25, 0.3) is 0 Å². The number of rotatable bonds is 4. The number of aryl methyl sites for hydroxylation is 1. The minimum Gasteiger partial charge on any atom is -0.331 e. The number of hydrazine groups is 1. The maximum atomic E-state index is 12.7. The fraction of sp³-hybridized carbons (Fsp3) is 0.176. The number of hydrogen-bond acceptors (Lipinski definition) is 2. The van der Waals surface area contributed by atoms with Crippen LogP contribution in [0.5, 0.6) is 0 Å². The van der Waals surface area contributed by atoms with Gasteiger partial charge in [-0.1, -0.05) is 36.4 Å². The molecule has 2 aromatic rings. The van der Waals surface area contributed by atoms with E-state index in [-0.39, 0.29) is 23.1 Å². The van der Waals surface area contributed by atoms with E-state index in [0.717, 1.165) is 17.7 Å². The number of amides is 1. The van der Waals surface area contributed by atoms with E-state index in [9.17, 15) is 18.0 Å². The van der Waals surface area contributed by atoms with Gasteiger partial charge in [0.1, 0.15) is 0 Å². The third-order valence-corrected chi connectivity index (χ3v) is 3.45. The van der Waals surface area contributed by atoms with Gasteiger partial charge in [0.15, 0.2) is 5.11 Å². The van der Waals surface area contributed by atoms with Crippen LogP contribution in [0.15, 0.2) is 54.6 Å². The van der Waals surface area contributed by atoms with Crippen molar-refractivity contribution in [3.63, 3.8) is 0 Å². The van der Waals surface area contributed by atoms with Gasteiger partial charge in [0, 0.05) is 12.1 Å². The average Bonchev–Trinajstić information content (AvgIpc) is 2.58. The van der Waals surface area contributed by atoms with Gasteiger partial charge >= 0.3 is 6.18 Å². The van der Waals surface area contributed by atoms with Crippen LogP contribution < -0.4 is 16.2 Å². The summed E-state index contributed by atoms with van der Waals surface area (Å²) in [6.45, 7) is 0. The summed E-state index contributed by atoms with van der Waals surface area (Å²) in [6.07, 6.45) is -3.61. The molecule has 0 saturated heterocycles. The van der Waals surface area contributed by atoms with Crippen LogP contribution in [0, 0.1) is 0 Å². The number of carbonyl (C=O) groups excluding carboxylic acids is 1. The minimum absolute atomic E-state index is 0.00705. The third-order valence-electron chi connectivity index (χ3n) is 3.25. The predicted molar refractivity (Wildman–Crippen MR) is 93.7 cm³/mol. The molecule has 2 rings (SSSR count). The molecule has 0 aliphatic rings. The Morgan fingerprint density at radius 1 is 1.00 bits per heavy atom. The lowest BCUT2D eigenvalue weighted by atomic mass is 10.1. The number of benzene rings is 2. The Hall–Kier alpha value is -2.61. The van der Waals surface area contributed by atoms with Gasteiger partial charge in [-0.2, -0.15) is 13.2 Å². The Morgan fingerprint density at radius 3 is 2.40 bits per heavy atom. The topological polar surface area (TPSA) is 53.2 Å². The molecule has 0 bridgehead atoms. The molecule has 0 aliphatic heterocycles. The van der Waals surface area contributed by atoms with E-state index in [4.69, 9.17) is 12.2 Å². The number of anilines is 1. The Balaban J connectivity index is 1.78. The zero-order valence-electron chi connectivity index (χ0n) is 13.1. The predicted octanol–water partition coefficient (Wildman–Crippen LogP) is 3.66. The van der Waals surface area contributed by atoms with Gasteiger partial charge in [-0.15, -0.1) is 0 Å². The number of hydrogen-bond donors (Lipinski definition) is 3. The van der Waals surface area contributed by atoms with Gasteiger partial charge < -0.3 is 5.32 Å². The molecule has 3 N–H and O–H groups in total. The van der Waals surface area contributed by atoms with Gasteiger partial charge in [0.25, 0.3) is 0 Å². The summed E-state index contributed by atoms with van der Waals surface area (Å²) in [4.78, 5) is 11.7. The lowest BCUT2D eigenvalue weighted by molar-refractivity contribution is -0.137. The van der Waals surface area contributed by atoms with Crippen molar-refractivity contribution in [1.29, 1.82) is 0 Å². The van der Waals surface area contributed by atoms with Crippen LogP contribution in [0.2, 0.25) is 0 Å². The van der Waals surface area contributed by atoms with Crippen molar-refractivity contribution in [2.24, 2.45) is 0 Å². The van der Waals surface area contributed by atoms with E-state index in [1.54, 1.807) is 0 Å². The molecule has 0 aliphatic carbocycles. The van der Waals surface area contributed by atoms with Crippen LogP contribution in [0.3, 0.4) is 0 Å². The van der Waals surface area contributed by atoms with Crippen molar-refractivity contribution >= 4 is 28.9 Å². The standard InChI is InChI=1S/C17H16F3N3OS/c18-17(19,20)13-7-4-8-14(11-13)21-16(25)23-22-15(24)10-9-12-5-2-1-3-6-12/h1-8,11H,9-10H2,(H,22,24)(H2,21,23,25). The second-order valence-corrected chi connectivity index (χ2v) is 5.60. The summed E-state index contributed by atoms with van der Waals surface area (Å²) in [5.74, 6) is -0.281. The molecule has 0 aromatic heterocycles. The van der Waals surface area contributed by atoms with E-state index >= 15 is 0 Å².